The van der Waals surface area contributed by atoms with E-state index >= 15 is 0 Å². The van der Waals surface area contributed by atoms with Crippen LogP contribution in [0.1, 0.15) is 35.3 Å². The number of amides is 1. The zero-order valence-electron chi connectivity index (χ0n) is 14.7. The summed E-state index contributed by atoms with van der Waals surface area (Å²) in [5.41, 5.74) is 1.89. The van der Waals surface area contributed by atoms with Crippen molar-refractivity contribution >= 4 is 21.6 Å². The van der Waals surface area contributed by atoms with Crippen LogP contribution in [0.15, 0.2) is 48.5 Å². The van der Waals surface area contributed by atoms with Crippen molar-refractivity contribution in [3.63, 3.8) is 0 Å². The number of hydrogen-bond acceptors (Lipinski definition) is 3. The Morgan fingerprint density at radius 1 is 1.12 bits per heavy atom. The van der Waals surface area contributed by atoms with Gasteiger partial charge < -0.3 is 4.90 Å². The topological polar surface area (TPSA) is 57.7 Å². The fourth-order valence-electron chi connectivity index (χ4n) is 3.04. The summed E-state index contributed by atoms with van der Waals surface area (Å²) in [4.78, 5) is 14.3. The summed E-state index contributed by atoms with van der Waals surface area (Å²) in [6.07, 6.45) is 0.612. The van der Waals surface area contributed by atoms with Gasteiger partial charge in [0, 0.05) is 19.2 Å². The highest BCUT2D eigenvalue weighted by molar-refractivity contribution is 7.93. The van der Waals surface area contributed by atoms with Crippen molar-refractivity contribution in [3.05, 3.63) is 65.5 Å². The van der Waals surface area contributed by atoms with E-state index in [9.17, 15) is 17.6 Å². The zero-order chi connectivity index (χ0) is 18.9. The first-order chi connectivity index (χ1) is 12.3. The van der Waals surface area contributed by atoms with E-state index in [2.05, 4.69) is 0 Å². The molecular formula is C19H21FN2O3S. The largest absolute Gasteiger partial charge is 0.335 e. The van der Waals surface area contributed by atoms with Gasteiger partial charge in [-0.05, 0) is 55.3 Å². The number of nitrogens with zero attached hydrogens (tertiary/aromatic N) is 2. The second-order valence-corrected chi connectivity index (χ2v) is 8.45. The molecule has 2 aromatic rings. The van der Waals surface area contributed by atoms with E-state index in [1.807, 2.05) is 6.92 Å². The van der Waals surface area contributed by atoms with Crippen LogP contribution >= 0.6 is 0 Å². The van der Waals surface area contributed by atoms with E-state index in [1.54, 1.807) is 48.3 Å². The van der Waals surface area contributed by atoms with Crippen LogP contribution < -0.4 is 4.31 Å². The van der Waals surface area contributed by atoms with Crippen LogP contribution in [0.4, 0.5) is 10.1 Å². The highest BCUT2D eigenvalue weighted by Crippen LogP contribution is 2.26. The van der Waals surface area contributed by atoms with Gasteiger partial charge in [0.05, 0.1) is 17.5 Å². The van der Waals surface area contributed by atoms with Crippen LogP contribution in [0, 0.1) is 5.82 Å². The van der Waals surface area contributed by atoms with Gasteiger partial charge in [-0.1, -0.05) is 12.1 Å². The molecule has 3 rings (SSSR count). The fraction of sp³-hybridized carbons (Fsp3) is 0.316. The van der Waals surface area contributed by atoms with Crippen molar-refractivity contribution in [2.24, 2.45) is 0 Å². The average molecular weight is 376 g/mol. The summed E-state index contributed by atoms with van der Waals surface area (Å²) < 4.78 is 38.4. The number of carbonyl (C=O) groups excluding carboxylic acids is 1. The Morgan fingerprint density at radius 2 is 1.73 bits per heavy atom. The molecule has 0 bridgehead atoms. The van der Waals surface area contributed by atoms with E-state index in [-0.39, 0.29) is 23.5 Å². The first-order valence-corrected chi connectivity index (χ1v) is 10.0. The normalized spacial score (nSPS) is 17.1. The molecule has 2 aromatic carbocycles. The molecule has 1 fully saturated rings. The summed E-state index contributed by atoms with van der Waals surface area (Å²) in [6, 6.07) is 12.4. The number of benzene rings is 2. The van der Waals surface area contributed by atoms with Crippen LogP contribution in [0.3, 0.4) is 0 Å². The Balaban J connectivity index is 1.76. The van der Waals surface area contributed by atoms with Crippen molar-refractivity contribution in [2.45, 2.75) is 19.4 Å². The van der Waals surface area contributed by atoms with E-state index in [1.165, 1.54) is 16.4 Å². The molecule has 1 aliphatic heterocycles. The molecule has 1 aliphatic rings. The number of sulfonamides is 1. The summed E-state index contributed by atoms with van der Waals surface area (Å²) in [5, 5.41) is 0. The van der Waals surface area contributed by atoms with Gasteiger partial charge in [-0.3, -0.25) is 9.10 Å². The van der Waals surface area contributed by atoms with Gasteiger partial charge >= 0.3 is 0 Å². The number of anilines is 1. The lowest BCUT2D eigenvalue weighted by Gasteiger charge is -2.26. The maximum absolute atomic E-state index is 13.1. The predicted octanol–water partition coefficient (Wildman–Crippen LogP) is 3.20. The smallest absolute Gasteiger partial charge is 0.254 e. The van der Waals surface area contributed by atoms with E-state index in [4.69, 9.17) is 0 Å². The minimum absolute atomic E-state index is 0.158. The minimum atomic E-state index is -3.24. The number of hydrogen-bond donors (Lipinski definition) is 0. The highest BCUT2D eigenvalue weighted by Gasteiger charge is 2.28. The van der Waals surface area contributed by atoms with Crippen LogP contribution in [-0.4, -0.2) is 38.6 Å². The fourth-order valence-corrected chi connectivity index (χ4v) is 4.61. The summed E-state index contributed by atoms with van der Waals surface area (Å²) in [5.74, 6) is -0.342. The minimum Gasteiger partial charge on any atom is -0.335 e. The zero-order valence-corrected chi connectivity index (χ0v) is 15.5. The van der Waals surface area contributed by atoms with Crippen LogP contribution in [0.5, 0.6) is 0 Å². The van der Waals surface area contributed by atoms with Gasteiger partial charge in [-0.25, -0.2) is 12.8 Å². The second-order valence-electron chi connectivity index (χ2n) is 6.43. The van der Waals surface area contributed by atoms with Gasteiger partial charge in [0.15, 0.2) is 0 Å². The highest BCUT2D eigenvalue weighted by atomic mass is 32.2. The van der Waals surface area contributed by atoms with Crippen molar-refractivity contribution in [2.75, 3.05) is 23.7 Å². The quantitative estimate of drug-likeness (QED) is 0.823. The number of halogens is 1. The van der Waals surface area contributed by atoms with Gasteiger partial charge in [-0.15, -0.1) is 0 Å². The van der Waals surface area contributed by atoms with E-state index in [0.29, 0.717) is 24.2 Å². The Bertz CT molecular complexity index is 895. The molecule has 7 heteroatoms. The van der Waals surface area contributed by atoms with Crippen LogP contribution in [-0.2, 0) is 10.0 Å². The first kappa shape index (κ1) is 18.4. The van der Waals surface area contributed by atoms with Crippen molar-refractivity contribution in [1.29, 1.82) is 0 Å². The number of rotatable bonds is 4. The Kier molecular flexibility index (Phi) is 5.00. The molecule has 0 aromatic heterocycles. The maximum atomic E-state index is 13.1. The third-order valence-electron chi connectivity index (χ3n) is 4.76. The van der Waals surface area contributed by atoms with Crippen molar-refractivity contribution in [1.82, 2.24) is 4.90 Å². The molecule has 5 nitrogen and oxygen atoms in total. The molecule has 0 radical (unpaired) electrons. The average Bonchev–Trinajstić information content (AvgIpc) is 3.00. The molecule has 0 spiro atoms. The lowest BCUT2D eigenvalue weighted by atomic mass is 10.1. The molecular weight excluding hydrogens is 355 g/mol. The van der Waals surface area contributed by atoms with E-state index in [0.717, 1.165) is 5.56 Å². The van der Waals surface area contributed by atoms with Crippen LogP contribution in [0.25, 0.3) is 0 Å². The van der Waals surface area contributed by atoms with Crippen molar-refractivity contribution in [3.8, 4) is 0 Å². The van der Waals surface area contributed by atoms with E-state index < -0.39 is 10.0 Å². The molecule has 26 heavy (non-hydrogen) atoms. The Labute approximate surface area is 153 Å². The Morgan fingerprint density at radius 3 is 2.27 bits per heavy atom. The molecule has 0 N–H and O–H groups in total. The molecule has 1 heterocycles. The third kappa shape index (κ3) is 3.58. The summed E-state index contributed by atoms with van der Waals surface area (Å²) >= 11 is 0. The molecule has 1 unspecified atom stereocenters. The monoisotopic (exact) mass is 376 g/mol. The molecule has 0 saturated carbocycles. The standard InChI is InChI=1S/C19H21FN2O3S/c1-14(15-4-8-17(20)9-5-15)21(2)19(23)16-6-10-18(11-7-16)22-12-3-13-26(22,24)25/h4-11,14H,3,12-13H2,1-2H3. The molecule has 1 amide bonds. The molecule has 0 aliphatic carbocycles. The summed E-state index contributed by atoms with van der Waals surface area (Å²) in [7, 11) is -1.55. The lowest BCUT2D eigenvalue weighted by molar-refractivity contribution is 0.0742. The first-order valence-electron chi connectivity index (χ1n) is 8.43. The lowest BCUT2D eigenvalue weighted by Crippen LogP contribution is -2.30. The molecule has 1 atom stereocenters. The van der Waals surface area contributed by atoms with Gasteiger partial charge in [0.2, 0.25) is 10.0 Å². The summed E-state index contributed by atoms with van der Waals surface area (Å²) in [6.45, 7) is 2.34. The van der Waals surface area contributed by atoms with Gasteiger partial charge in [-0.2, -0.15) is 0 Å². The van der Waals surface area contributed by atoms with Gasteiger partial charge in [0.1, 0.15) is 5.82 Å². The number of carbonyl (C=O) groups is 1. The van der Waals surface area contributed by atoms with Crippen molar-refractivity contribution < 1.29 is 17.6 Å². The molecule has 138 valence electrons. The Hall–Kier alpha value is -2.41. The third-order valence-corrected chi connectivity index (χ3v) is 6.62. The molecule has 1 saturated heterocycles. The SMILES string of the molecule is CC(c1ccc(F)cc1)N(C)C(=O)c1ccc(N2CCCS2(=O)=O)cc1. The maximum Gasteiger partial charge on any atom is 0.254 e. The van der Waals surface area contributed by atoms with Crippen LogP contribution in [0.2, 0.25) is 0 Å². The second kappa shape index (κ2) is 7.07. The van der Waals surface area contributed by atoms with Gasteiger partial charge in [0.25, 0.3) is 5.91 Å². The predicted molar refractivity (Wildman–Crippen MR) is 99.1 cm³/mol.